The molecule has 3 aromatic rings. The molecule has 0 N–H and O–H groups in total. The lowest BCUT2D eigenvalue weighted by molar-refractivity contribution is 0.0759. The van der Waals surface area contributed by atoms with Gasteiger partial charge < -0.3 is 9.64 Å². The SMILES string of the molecule is CN(C(=O)OCc1nc(-c2cccnc2F)c(Sc2ccc(Cl)nc2)s1)C(C)(C)C. The van der Waals surface area contributed by atoms with Crippen molar-refractivity contribution in [2.24, 2.45) is 0 Å². The van der Waals surface area contributed by atoms with Crippen LogP contribution in [0.5, 0.6) is 0 Å². The number of amides is 1. The first-order valence-corrected chi connectivity index (χ1v) is 11.0. The van der Waals surface area contributed by atoms with Gasteiger partial charge in [0.05, 0.1) is 9.77 Å². The van der Waals surface area contributed by atoms with E-state index >= 15 is 0 Å². The summed E-state index contributed by atoms with van der Waals surface area (Å²) in [6.07, 6.45) is 2.56. The van der Waals surface area contributed by atoms with Crippen LogP contribution in [-0.4, -0.2) is 38.5 Å². The number of carbonyl (C=O) groups excluding carboxylic acids is 1. The average Bonchev–Trinajstić information content (AvgIpc) is 3.09. The van der Waals surface area contributed by atoms with Crippen molar-refractivity contribution in [1.82, 2.24) is 19.9 Å². The Morgan fingerprint density at radius 2 is 2.07 bits per heavy atom. The van der Waals surface area contributed by atoms with E-state index in [2.05, 4.69) is 15.0 Å². The molecule has 0 fully saturated rings. The van der Waals surface area contributed by atoms with Gasteiger partial charge in [-0.15, -0.1) is 11.3 Å². The lowest BCUT2D eigenvalue weighted by Gasteiger charge is -2.30. The number of rotatable bonds is 5. The summed E-state index contributed by atoms with van der Waals surface area (Å²) in [7, 11) is 1.68. The highest BCUT2D eigenvalue weighted by Gasteiger charge is 2.24. The third kappa shape index (κ3) is 5.47. The number of ether oxygens (including phenoxy) is 1. The Labute approximate surface area is 187 Å². The molecule has 0 saturated heterocycles. The summed E-state index contributed by atoms with van der Waals surface area (Å²) in [4.78, 5) is 26.9. The summed E-state index contributed by atoms with van der Waals surface area (Å²) < 4.78 is 20.5. The molecule has 30 heavy (non-hydrogen) atoms. The Kier molecular flexibility index (Phi) is 6.95. The van der Waals surface area contributed by atoms with Crippen molar-refractivity contribution < 1.29 is 13.9 Å². The zero-order chi connectivity index (χ0) is 21.9. The lowest BCUT2D eigenvalue weighted by Crippen LogP contribution is -2.42. The van der Waals surface area contributed by atoms with E-state index in [1.54, 1.807) is 31.4 Å². The van der Waals surface area contributed by atoms with Crippen molar-refractivity contribution in [3.05, 3.63) is 52.8 Å². The zero-order valence-corrected chi connectivity index (χ0v) is 19.2. The average molecular weight is 467 g/mol. The summed E-state index contributed by atoms with van der Waals surface area (Å²) in [5.41, 5.74) is 0.357. The Morgan fingerprint density at radius 1 is 1.30 bits per heavy atom. The van der Waals surface area contributed by atoms with E-state index in [4.69, 9.17) is 16.3 Å². The Morgan fingerprint density at radius 3 is 2.70 bits per heavy atom. The van der Waals surface area contributed by atoms with E-state index in [0.717, 1.165) is 9.10 Å². The number of hydrogen-bond donors (Lipinski definition) is 0. The standard InChI is InChI=1S/C20H20ClFN4O2S2/c1-20(2,3)26(4)19(27)28-11-15-25-16(13-6-5-9-23-17(13)22)18(30-15)29-12-7-8-14(21)24-10-12/h5-10H,11H2,1-4H3. The number of thiazole rings is 1. The van der Waals surface area contributed by atoms with Crippen LogP contribution < -0.4 is 0 Å². The van der Waals surface area contributed by atoms with Crippen molar-refractivity contribution in [3.8, 4) is 11.3 Å². The van der Waals surface area contributed by atoms with Crippen LogP contribution in [0.15, 0.2) is 45.8 Å². The maximum atomic E-state index is 14.3. The number of pyridine rings is 2. The second kappa shape index (κ2) is 9.28. The highest BCUT2D eigenvalue weighted by Crippen LogP contribution is 2.40. The van der Waals surface area contributed by atoms with Crippen LogP contribution in [-0.2, 0) is 11.3 Å². The minimum atomic E-state index is -0.616. The lowest BCUT2D eigenvalue weighted by atomic mass is 10.1. The number of aromatic nitrogens is 3. The van der Waals surface area contributed by atoms with E-state index in [1.807, 2.05) is 26.8 Å². The van der Waals surface area contributed by atoms with Gasteiger partial charge in [0.2, 0.25) is 5.95 Å². The van der Waals surface area contributed by atoms with Gasteiger partial charge in [-0.3, -0.25) is 0 Å². The van der Waals surface area contributed by atoms with Crippen LogP contribution in [0.1, 0.15) is 25.8 Å². The van der Waals surface area contributed by atoms with E-state index in [0.29, 0.717) is 15.9 Å². The van der Waals surface area contributed by atoms with Gasteiger partial charge in [0.25, 0.3) is 0 Å². The van der Waals surface area contributed by atoms with Gasteiger partial charge in [0.1, 0.15) is 22.5 Å². The molecule has 1 amide bonds. The molecule has 3 aromatic heterocycles. The highest BCUT2D eigenvalue weighted by atomic mass is 35.5. The Hall–Kier alpha value is -2.23. The summed E-state index contributed by atoms with van der Waals surface area (Å²) in [6.45, 7) is 5.72. The summed E-state index contributed by atoms with van der Waals surface area (Å²) >= 11 is 8.56. The molecule has 0 unspecified atom stereocenters. The minimum absolute atomic E-state index is 0.0156. The molecule has 6 nitrogen and oxygen atoms in total. The number of halogens is 2. The summed E-state index contributed by atoms with van der Waals surface area (Å²) in [5, 5.41) is 0.936. The predicted molar refractivity (Wildman–Crippen MR) is 116 cm³/mol. The fraction of sp³-hybridized carbons (Fsp3) is 0.300. The van der Waals surface area contributed by atoms with Gasteiger partial charge in [0.15, 0.2) is 0 Å². The smallest absolute Gasteiger partial charge is 0.410 e. The van der Waals surface area contributed by atoms with Gasteiger partial charge in [0, 0.05) is 29.9 Å². The first-order chi connectivity index (χ1) is 14.1. The molecule has 0 radical (unpaired) electrons. The third-order valence-electron chi connectivity index (χ3n) is 4.16. The number of nitrogens with zero attached hydrogens (tertiary/aromatic N) is 4. The minimum Gasteiger partial charge on any atom is -0.442 e. The van der Waals surface area contributed by atoms with Gasteiger partial charge in [-0.05, 0) is 45.0 Å². The van der Waals surface area contributed by atoms with Crippen molar-refractivity contribution in [2.75, 3.05) is 7.05 Å². The molecule has 0 saturated carbocycles. The van der Waals surface area contributed by atoms with Crippen molar-refractivity contribution in [3.63, 3.8) is 0 Å². The molecule has 0 aromatic carbocycles. The molecule has 3 rings (SSSR count). The van der Waals surface area contributed by atoms with Crippen molar-refractivity contribution >= 4 is 40.8 Å². The van der Waals surface area contributed by atoms with Gasteiger partial charge >= 0.3 is 6.09 Å². The molecule has 10 heteroatoms. The molecule has 0 aliphatic rings. The van der Waals surface area contributed by atoms with E-state index < -0.39 is 12.0 Å². The molecular weight excluding hydrogens is 447 g/mol. The van der Waals surface area contributed by atoms with E-state index in [1.165, 1.54) is 34.2 Å². The molecule has 0 aliphatic heterocycles. The number of carbonyl (C=O) groups is 1. The van der Waals surface area contributed by atoms with Crippen LogP contribution in [0.3, 0.4) is 0 Å². The maximum absolute atomic E-state index is 14.3. The van der Waals surface area contributed by atoms with Gasteiger partial charge in [-0.1, -0.05) is 23.4 Å². The van der Waals surface area contributed by atoms with Crippen molar-refractivity contribution in [1.29, 1.82) is 0 Å². The van der Waals surface area contributed by atoms with Crippen LogP contribution in [0.2, 0.25) is 5.15 Å². The van der Waals surface area contributed by atoms with Crippen LogP contribution in [0.25, 0.3) is 11.3 Å². The van der Waals surface area contributed by atoms with Gasteiger partial charge in [-0.2, -0.15) is 4.39 Å². The Bertz CT molecular complexity index is 1040. The molecule has 3 heterocycles. The molecule has 0 spiro atoms. The molecule has 0 atom stereocenters. The molecule has 158 valence electrons. The topological polar surface area (TPSA) is 68.2 Å². The monoisotopic (exact) mass is 466 g/mol. The second-order valence-corrected chi connectivity index (χ2v) is 10.1. The molecular formula is C20H20ClFN4O2S2. The predicted octanol–water partition coefficient (Wildman–Crippen LogP) is 5.91. The first kappa shape index (κ1) is 22.5. The highest BCUT2D eigenvalue weighted by molar-refractivity contribution is 8.01. The maximum Gasteiger partial charge on any atom is 0.410 e. The first-order valence-electron chi connectivity index (χ1n) is 8.95. The number of hydrogen-bond acceptors (Lipinski definition) is 7. The second-order valence-electron chi connectivity index (χ2n) is 7.29. The van der Waals surface area contributed by atoms with Gasteiger partial charge in [-0.25, -0.2) is 19.7 Å². The third-order valence-corrected chi connectivity index (χ3v) is 6.57. The van der Waals surface area contributed by atoms with Crippen LogP contribution in [0.4, 0.5) is 9.18 Å². The quantitative estimate of drug-likeness (QED) is 0.435. The largest absolute Gasteiger partial charge is 0.442 e. The van der Waals surface area contributed by atoms with Crippen LogP contribution in [0, 0.1) is 5.95 Å². The fourth-order valence-electron chi connectivity index (χ4n) is 2.24. The normalized spacial score (nSPS) is 11.4. The molecule has 0 bridgehead atoms. The van der Waals surface area contributed by atoms with Crippen LogP contribution >= 0.6 is 34.7 Å². The van der Waals surface area contributed by atoms with Crippen molar-refractivity contribution in [2.45, 2.75) is 42.0 Å². The van der Waals surface area contributed by atoms with E-state index in [9.17, 15) is 9.18 Å². The fourth-order valence-corrected chi connectivity index (χ4v) is 4.52. The van der Waals surface area contributed by atoms with E-state index in [-0.39, 0.29) is 17.7 Å². The summed E-state index contributed by atoms with van der Waals surface area (Å²) in [5.74, 6) is -0.616. The zero-order valence-electron chi connectivity index (χ0n) is 16.8. The Balaban J connectivity index is 1.87. The summed E-state index contributed by atoms with van der Waals surface area (Å²) in [6, 6.07) is 6.76. The molecule has 0 aliphatic carbocycles.